The Kier molecular flexibility index (Phi) is 5.58. The van der Waals surface area contributed by atoms with Gasteiger partial charge in [-0.3, -0.25) is 4.79 Å². The molecule has 3 amide bonds. The zero-order chi connectivity index (χ0) is 18.9. The van der Waals surface area contributed by atoms with Gasteiger partial charge in [0.1, 0.15) is 0 Å². The summed E-state index contributed by atoms with van der Waals surface area (Å²) in [7, 11) is 0. The van der Waals surface area contributed by atoms with Crippen LogP contribution in [-0.2, 0) is 0 Å². The highest BCUT2D eigenvalue weighted by molar-refractivity contribution is 9.10. The first-order valence-corrected chi connectivity index (χ1v) is 10.8. The van der Waals surface area contributed by atoms with Gasteiger partial charge in [-0.05, 0) is 57.9 Å². The van der Waals surface area contributed by atoms with Crippen molar-refractivity contribution >= 4 is 39.6 Å². The number of carbonyl (C=O) groups excluding carboxylic acids is 2. The van der Waals surface area contributed by atoms with E-state index in [1.54, 1.807) is 0 Å². The first-order chi connectivity index (χ1) is 12.2. The average Bonchev–Trinajstić information content (AvgIpc) is 2.97. The second kappa shape index (κ2) is 7.43. The van der Waals surface area contributed by atoms with E-state index in [-0.39, 0.29) is 22.3 Å². The van der Waals surface area contributed by atoms with E-state index in [2.05, 4.69) is 21.2 Å². The molecule has 0 radical (unpaired) electrons. The number of hydrogen-bond acceptors (Lipinski definition) is 3. The maximum atomic E-state index is 13.0. The van der Waals surface area contributed by atoms with Crippen molar-refractivity contribution in [1.29, 1.82) is 0 Å². The third-order valence-corrected chi connectivity index (χ3v) is 6.91. The molecule has 5 nitrogen and oxygen atoms in total. The maximum absolute atomic E-state index is 13.0. The van der Waals surface area contributed by atoms with E-state index in [9.17, 15) is 9.59 Å². The minimum Gasteiger partial charge on any atom is -0.333 e. The molecule has 0 atom stereocenters. The lowest BCUT2D eigenvalue weighted by molar-refractivity contribution is 0.0579. The molecule has 142 valence electrons. The van der Waals surface area contributed by atoms with Crippen LogP contribution in [-0.4, -0.2) is 57.5 Å². The van der Waals surface area contributed by atoms with Crippen LogP contribution in [0, 0.1) is 0 Å². The third kappa shape index (κ3) is 4.19. The molecule has 0 unspecified atom stereocenters. The van der Waals surface area contributed by atoms with Gasteiger partial charge in [-0.2, -0.15) is 0 Å². The van der Waals surface area contributed by atoms with E-state index in [1.807, 2.05) is 66.6 Å². The fourth-order valence-corrected chi connectivity index (χ4v) is 5.24. The van der Waals surface area contributed by atoms with E-state index >= 15 is 0 Å². The lowest BCUT2D eigenvalue weighted by Gasteiger charge is -2.44. The maximum Gasteiger partial charge on any atom is 0.317 e. The second-order valence-electron chi connectivity index (χ2n) is 7.93. The van der Waals surface area contributed by atoms with Gasteiger partial charge in [-0.15, -0.1) is 11.8 Å². The van der Waals surface area contributed by atoms with E-state index in [0.717, 1.165) is 35.2 Å². The highest BCUT2D eigenvalue weighted by Gasteiger charge is 2.47. The van der Waals surface area contributed by atoms with Gasteiger partial charge in [0.15, 0.2) is 0 Å². The van der Waals surface area contributed by atoms with Crippen molar-refractivity contribution in [3.63, 3.8) is 0 Å². The molecule has 1 aromatic rings. The Labute approximate surface area is 168 Å². The summed E-state index contributed by atoms with van der Waals surface area (Å²) < 4.78 is 0.970. The Hall–Kier alpha value is -1.21. The van der Waals surface area contributed by atoms with Crippen LogP contribution in [0.4, 0.5) is 4.79 Å². The summed E-state index contributed by atoms with van der Waals surface area (Å²) in [5.74, 6) is 1.05. The molecule has 2 aliphatic rings. The van der Waals surface area contributed by atoms with Crippen molar-refractivity contribution in [2.24, 2.45) is 0 Å². The van der Waals surface area contributed by atoms with Crippen molar-refractivity contribution in [2.75, 3.05) is 25.4 Å². The molecule has 2 aliphatic heterocycles. The van der Waals surface area contributed by atoms with Crippen molar-refractivity contribution in [1.82, 2.24) is 15.1 Å². The number of nitrogens with zero attached hydrogens (tertiary/aromatic N) is 2. The molecule has 1 N–H and O–H groups in total. The summed E-state index contributed by atoms with van der Waals surface area (Å²) in [6.45, 7) is 8.09. The molecule has 3 rings (SSSR count). The van der Waals surface area contributed by atoms with Crippen LogP contribution in [0.1, 0.15) is 44.0 Å². The number of carbonyl (C=O) groups is 2. The van der Waals surface area contributed by atoms with Crippen LogP contribution in [0.15, 0.2) is 28.7 Å². The molecule has 0 bridgehead atoms. The van der Waals surface area contributed by atoms with Crippen molar-refractivity contribution < 1.29 is 9.59 Å². The highest BCUT2D eigenvalue weighted by Crippen LogP contribution is 2.44. The fraction of sp³-hybridized carbons (Fsp3) is 0.579. The molecular formula is C19H26BrN3O2S. The van der Waals surface area contributed by atoms with E-state index in [0.29, 0.717) is 13.1 Å². The van der Waals surface area contributed by atoms with Crippen LogP contribution >= 0.6 is 27.7 Å². The van der Waals surface area contributed by atoms with Crippen LogP contribution < -0.4 is 5.32 Å². The number of nitrogens with one attached hydrogen (secondary N) is 1. The first-order valence-electron chi connectivity index (χ1n) is 8.99. The van der Waals surface area contributed by atoms with Crippen molar-refractivity contribution in [2.45, 2.75) is 44.0 Å². The zero-order valence-electron chi connectivity index (χ0n) is 15.5. The second-order valence-corrected chi connectivity index (χ2v) is 10.3. The summed E-state index contributed by atoms with van der Waals surface area (Å²) in [6.07, 6.45) is 1.63. The molecule has 7 heteroatoms. The van der Waals surface area contributed by atoms with E-state index in [4.69, 9.17) is 0 Å². The molecule has 2 fully saturated rings. The lowest BCUT2D eigenvalue weighted by atomic mass is 10.0. The number of urea groups is 1. The molecule has 2 heterocycles. The van der Waals surface area contributed by atoms with Crippen molar-refractivity contribution in [3.8, 4) is 0 Å². The molecule has 1 aromatic carbocycles. The summed E-state index contributed by atoms with van der Waals surface area (Å²) in [4.78, 5) is 29.2. The Morgan fingerprint density at radius 3 is 2.31 bits per heavy atom. The first kappa shape index (κ1) is 19.5. The van der Waals surface area contributed by atoms with Crippen LogP contribution in [0.25, 0.3) is 0 Å². The minimum absolute atomic E-state index is 0.0128. The van der Waals surface area contributed by atoms with Crippen LogP contribution in [0.3, 0.4) is 0 Å². The van der Waals surface area contributed by atoms with E-state index in [1.165, 1.54) is 0 Å². The van der Waals surface area contributed by atoms with Gasteiger partial charge in [-0.1, -0.05) is 15.9 Å². The number of rotatable bonds is 1. The van der Waals surface area contributed by atoms with Gasteiger partial charge < -0.3 is 15.1 Å². The summed E-state index contributed by atoms with van der Waals surface area (Å²) in [5.41, 5.74) is 0.487. The Bertz CT molecular complexity index is 679. The smallest absolute Gasteiger partial charge is 0.317 e. The SMILES string of the molecule is CC(C)(C)NC(=O)N1CCC2(CC1)SCCN2C(=O)c1ccc(Br)cc1. The molecule has 1 spiro atoms. The molecule has 0 aliphatic carbocycles. The lowest BCUT2D eigenvalue weighted by Crippen LogP contribution is -2.56. The van der Waals surface area contributed by atoms with Gasteiger partial charge in [0.25, 0.3) is 5.91 Å². The number of likely N-dealkylation sites (tertiary alicyclic amines) is 1. The van der Waals surface area contributed by atoms with Gasteiger partial charge in [0, 0.05) is 41.0 Å². The van der Waals surface area contributed by atoms with Gasteiger partial charge in [0.05, 0.1) is 4.87 Å². The number of benzene rings is 1. The summed E-state index contributed by atoms with van der Waals surface area (Å²) in [6, 6.07) is 7.54. The van der Waals surface area contributed by atoms with Gasteiger partial charge in [0.2, 0.25) is 0 Å². The largest absolute Gasteiger partial charge is 0.333 e. The molecular weight excluding hydrogens is 414 g/mol. The summed E-state index contributed by atoms with van der Waals surface area (Å²) in [5, 5.41) is 3.03. The Balaban J connectivity index is 1.68. The van der Waals surface area contributed by atoms with Crippen LogP contribution in [0.2, 0.25) is 0 Å². The number of piperidine rings is 1. The Morgan fingerprint density at radius 2 is 1.73 bits per heavy atom. The summed E-state index contributed by atoms with van der Waals surface area (Å²) >= 11 is 5.28. The average molecular weight is 440 g/mol. The molecule has 0 aromatic heterocycles. The standard InChI is InChI=1S/C19H26BrN3O2S/c1-18(2,3)21-17(25)22-10-8-19(9-11-22)23(12-13-26-19)16(24)14-4-6-15(20)7-5-14/h4-7H,8-13H2,1-3H3,(H,21,25). The number of halogens is 1. The quantitative estimate of drug-likeness (QED) is 0.720. The third-order valence-electron chi connectivity index (χ3n) is 4.83. The number of thioether (sulfide) groups is 1. The van der Waals surface area contributed by atoms with E-state index < -0.39 is 0 Å². The van der Waals surface area contributed by atoms with Crippen LogP contribution in [0.5, 0.6) is 0 Å². The van der Waals surface area contributed by atoms with Gasteiger partial charge >= 0.3 is 6.03 Å². The topological polar surface area (TPSA) is 52.7 Å². The Morgan fingerprint density at radius 1 is 1.12 bits per heavy atom. The fourth-order valence-electron chi connectivity index (χ4n) is 3.52. The highest BCUT2D eigenvalue weighted by atomic mass is 79.9. The number of hydrogen-bond donors (Lipinski definition) is 1. The predicted molar refractivity (Wildman–Crippen MR) is 109 cm³/mol. The molecule has 0 saturated carbocycles. The van der Waals surface area contributed by atoms with Gasteiger partial charge in [-0.25, -0.2) is 4.79 Å². The minimum atomic E-state index is -0.238. The van der Waals surface area contributed by atoms with Crippen molar-refractivity contribution in [3.05, 3.63) is 34.3 Å². The molecule has 26 heavy (non-hydrogen) atoms. The zero-order valence-corrected chi connectivity index (χ0v) is 18.0. The number of amides is 3. The monoisotopic (exact) mass is 439 g/mol. The normalized spacial score (nSPS) is 19.7. The molecule has 2 saturated heterocycles. The predicted octanol–water partition coefficient (Wildman–Crippen LogP) is 3.94.